The maximum atomic E-state index is 12.7. The Hall–Kier alpha value is -2.92. The van der Waals surface area contributed by atoms with E-state index in [4.69, 9.17) is 9.47 Å². The molecule has 3 amide bonds. The molecule has 0 aliphatic rings. The molecule has 0 fully saturated rings. The van der Waals surface area contributed by atoms with Crippen LogP contribution in [-0.2, 0) is 30.0 Å². The van der Waals surface area contributed by atoms with E-state index in [1.165, 1.54) is 44.4 Å². The van der Waals surface area contributed by atoms with E-state index in [0.717, 1.165) is 18.2 Å². The Balaban J connectivity index is 2.74. The summed E-state index contributed by atoms with van der Waals surface area (Å²) in [4.78, 5) is 37.9. The zero-order valence-electron chi connectivity index (χ0n) is 18.2. The molecule has 0 aliphatic heterocycles. The number of hydrogen-bond donors (Lipinski definition) is 2. The summed E-state index contributed by atoms with van der Waals surface area (Å²) in [6.45, 7) is 0.192. The molecule has 8 nitrogen and oxygen atoms in total. The maximum Gasteiger partial charge on any atom is 0.416 e. The van der Waals surface area contributed by atoms with Gasteiger partial charge in [-0.2, -0.15) is 13.2 Å². The molecule has 11 heteroatoms. The number of alkyl halides is 3. The van der Waals surface area contributed by atoms with E-state index in [1.54, 1.807) is 0 Å². The predicted octanol–water partition coefficient (Wildman–Crippen LogP) is 1.46. The average Bonchev–Trinajstić information content (AvgIpc) is 2.76. The molecule has 0 aromatic heterocycles. The highest BCUT2D eigenvalue weighted by atomic mass is 19.4. The van der Waals surface area contributed by atoms with Crippen molar-refractivity contribution in [3.63, 3.8) is 0 Å². The first kappa shape index (κ1) is 27.1. The Morgan fingerprint density at radius 3 is 2.31 bits per heavy atom. The van der Waals surface area contributed by atoms with Crippen molar-refractivity contribution in [3.8, 4) is 0 Å². The number of ether oxygens (including phenoxy) is 2. The Bertz CT molecular complexity index is 782. The van der Waals surface area contributed by atoms with E-state index < -0.39 is 29.6 Å². The number of carbonyl (C=O) groups is 3. The summed E-state index contributed by atoms with van der Waals surface area (Å²) in [7, 11) is 4.40. The third-order valence-corrected chi connectivity index (χ3v) is 4.44. The van der Waals surface area contributed by atoms with Gasteiger partial charge in [0.2, 0.25) is 17.7 Å². The Kier molecular flexibility index (Phi) is 11.4. The molecule has 1 unspecified atom stereocenters. The molecule has 0 spiro atoms. The minimum atomic E-state index is -4.44. The molecule has 0 saturated carbocycles. The summed E-state index contributed by atoms with van der Waals surface area (Å²) < 4.78 is 47.9. The Morgan fingerprint density at radius 1 is 1.12 bits per heavy atom. The van der Waals surface area contributed by atoms with Gasteiger partial charge in [-0.1, -0.05) is 12.1 Å². The van der Waals surface area contributed by atoms with Gasteiger partial charge in [-0.05, 0) is 23.8 Å². The number of hydrogen-bond acceptors (Lipinski definition) is 5. The number of rotatable bonds is 12. The second-order valence-corrected chi connectivity index (χ2v) is 6.74. The molecule has 0 bridgehead atoms. The van der Waals surface area contributed by atoms with Crippen LogP contribution in [0.1, 0.15) is 17.5 Å². The lowest BCUT2D eigenvalue weighted by molar-refractivity contribution is -0.138. The molecule has 178 valence electrons. The monoisotopic (exact) mass is 459 g/mol. The van der Waals surface area contributed by atoms with Crippen LogP contribution in [0.3, 0.4) is 0 Å². The van der Waals surface area contributed by atoms with Gasteiger partial charge in [0.15, 0.2) is 0 Å². The fourth-order valence-electron chi connectivity index (χ4n) is 2.75. The Morgan fingerprint density at radius 2 is 1.78 bits per heavy atom. The first-order valence-corrected chi connectivity index (χ1v) is 9.73. The van der Waals surface area contributed by atoms with Crippen LogP contribution >= 0.6 is 0 Å². The minimum Gasteiger partial charge on any atom is -0.383 e. The largest absolute Gasteiger partial charge is 0.416 e. The Labute approximate surface area is 184 Å². The van der Waals surface area contributed by atoms with Crippen molar-refractivity contribution in [2.75, 3.05) is 47.6 Å². The van der Waals surface area contributed by atoms with Gasteiger partial charge in [-0.15, -0.1) is 0 Å². The topological polar surface area (TPSA) is 97.0 Å². The van der Waals surface area contributed by atoms with Crippen molar-refractivity contribution in [1.29, 1.82) is 0 Å². The highest BCUT2D eigenvalue weighted by Crippen LogP contribution is 2.29. The summed E-state index contributed by atoms with van der Waals surface area (Å²) in [5.74, 6) is -1.31. The fraction of sp³-hybridized carbons (Fsp3) is 0.476. The molecular weight excluding hydrogens is 431 g/mol. The molecule has 0 radical (unpaired) electrons. The van der Waals surface area contributed by atoms with Crippen LogP contribution in [0, 0.1) is 0 Å². The van der Waals surface area contributed by atoms with E-state index in [0.29, 0.717) is 5.56 Å². The molecule has 32 heavy (non-hydrogen) atoms. The maximum absolute atomic E-state index is 12.7. The van der Waals surface area contributed by atoms with Crippen LogP contribution in [-0.4, -0.2) is 76.2 Å². The van der Waals surface area contributed by atoms with Crippen molar-refractivity contribution in [2.24, 2.45) is 0 Å². The second kappa shape index (κ2) is 13.5. The number of halogens is 3. The molecule has 0 saturated heterocycles. The summed E-state index contributed by atoms with van der Waals surface area (Å²) in [5, 5.41) is 4.92. The molecular formula is C21H28F3N3O5. The van der Waals surface area contributed by atoms with E-state index in [-0.39, 0.29) is 38.6 Å². The van der Waals surface area contributed by atoms with Crippen molar-refractivity contribution < 1.29 is 37.0 Å². The summed E-state index contributed by atoms with van der Waals surface area (Å²) in [6, 6.07) is 3.74. The number of carbonyl (C=O) groups excluding carboxylic acids is 3. The van der Waals surface area contributed by atoms with Crippen molar-refractivity contribution in [2.45, 2.75) is 18.6 Å². The van der Waals surface area contributed by atoms with Gasteiger partial charge in [0, 0.05) is 40.3 Å². The van der Waals surface area contributed by atoms with E-state index >= 15 is 0 Å². The number of methoxy groups -OCH3 is 2. The third-order valence-electron chi connectivity index (χ3n) is 4.44. The third kappa shape index (κ3) is 9.48. The van der Waals surface area contributed by atoms with Crippen LogP contribution in [0.15, 0.2) is 30.3 Å². The molecule has 1 aromatic rings. The molecule has 1 atom stereocenters. The zero-order chi connectivity index (χ0) is 24.1. The summed E-state index contributed by atoms with van der Waals surface area (Å²) in [5.41, 5.74) is -0.393. The molecule has 2 N–H and O–H groups in total. The standard InChI is InChI=1S/C21H28F3N3O5/c1-25-19(29)12-17(14-32-3)27(10-11-31-2)20(30)13-26-18(28)9-6-15-4-7-16(8-5-15)21(22,23)24/h4-9,17H,10-14H2,1-3H3,(H,25,29)(H,26,28)/b9-6+. The summed E-state index contributed by atoms with van der Waals surface area (Å²) in [6.07, 6.45) is -1.97. The van der Waals surface area contributed by atoms with Crippen LogP contribution in [0.25, 0.3) is 6.08 Å². The summed E-state index contributed by atoms with van der Waals surface area (Å²) >= 11 is 0. The van der Waals surface area contributed by atoms with Gasteiger partial charge in [0.05, 0.1) is 31.4 Å². The average molecular weight is 459 g/mol. The number of nitrogens with zero attached hydrogens (tertiary/aromatic N) is 1. The van der Waals surface area contributed by atoms with Crippen molar-refractivity contribution >= 4 is 23.8 Å². The van der Waals surface area contributed by atoms with Gasteiger partial charge in [0.25, 0.3) is 0 Å². The smallest absolute Gasteiger partial charge is 0.383 e. The lowest BCUT2D eigenvalue weighted by atomic mass is 10.1. The number of benzene rings is 1. The van der Waals surface area contributed by atoms with E-state index in [9.17, 15) is 27.6 Å². The lowest BCUT2D eigenvalue weighted by Crippen LogP contribution is -2.50. The van der Waals surface area contributed by atoms with Gasteiger partial charge >= 0.3 is 6.18 Å². The van der Waals surface area contributed by atoms with Crippen LogP contribution in [0.5, 0.6) is 0 Å². The predicted molar refractivity (Wildman–Crippen MR) is 111 cm³/mol. The van der Waals surface area contributed by atoms with Crippen LogP contribution in [0.4, 0.5) is 13.2 Å². The zero-order valence-corrected chi connectivity index (χ0v) is 18.2. The normalized spacial score (nSPS) is 12.4. The van der Waals surface area contributed by atoms with Crippen LogP contribution in [0.2, 0.25) is 0 Å². The van der Waals surface area contributed by atoms with E-state index in [2.05, 4.69) is 10.6 Å². The van der Waals surface area contributed by atoms with E-state index in [1.807, 2.05) is 0 Å². The quantitative estimate of drug-likeness (QED) is 0.462. The van der Waals surface area contributed by atoms with Gasteiger partial charge in [-0.25, -0.2) is 0 Å². The minimum absolute atomic E-state index is 0.0154. The first-order chi connectivity index (χ1) is 15.1. The van der Waals surface area contributed by atoms with Crippen LogP contribution < -0.4 is 10.6 Å². The number of amides is 3. The molecule has 0 heterocycles. The highest BCUT2D eigenvalue weighted by molar-refractivity contribution is 5.94. The van der Waals surface area contributed by atoms with Crippen molar-refractivity contribution in [3.05, 3.63) is 41.5 Å². The van der Waals surface area contributed by atoms with Gasteiger partial charge < -0.3 is 25.0 Å². The fourth-order valence-corrected chi connectivity index (χ4v) is 2.75. The lowest BCUT2D eigenvalue weighted by Gasteiger charge is -2.31. The SMILES string of the molecule is CNC(=O)CC(COC)N(CCOC)C(=O)CNC(=O)/C=C/c1ccc(C(F)(F)F)cc1. The van der Waals surface area contributed by atoms with Crippen molar-refractivity contribution in [1.82, 2.24) is 15.5 Å². The first-order valence-electron chi connectivity index (χ1n) is 9.73. The molecule has 0 aliphatic carbocycles. The highest BCUT2D eigenvalue weighted by Gasteiger charge is 2.30. The van der Waals surface area contributed by atoms with Gasteiger partial charge in [-0.3, -0.25) is 14.4 Å². The number of nitrogens with one attached hydrogen (secondary N) is 2. The second-order valence-electron chi connectivity index (χ2n) is 6.74. The molecule has 1 rings (SSSR count). The van der Waals surface area contributed by atoms with Gasteiger partial charge in [0.1, 0.15) is 0 Å². The molecule has 1 aromatic carbocycles.